The Kier molecular flexibility index (Phi) is 8.46. The highest BCUT2D eigenvalue weighted by Gasteiger charge is 2.28. The molecule has 4 aromatic rings. The maximum absolute atomic E-state index is 14.3. The van der Waals surface area contributed by atoms with E-state index in [1.54, 1.807) is 30.3 Å². The van der Waals surface area contributed by atoms with Crippen LogP contribution in [-0.4, -0.2) is 44.3 Å². The van der Waals surface area contributed by atoms with Crippen molar-refractivity contribution in [2.75, 3.05) is 6.61 Å². The number of fused-ring (bicyclic) bond motifs is 1. The first-order valence-corrected chi connectivity index (χ1v) is 14.0. The first-order valence-electron chi connectivity index (χ1n) is 14.0. The van der Waals surface area contributed by atoms with E-state index in [4.69, 9.17) is 4.74 Å². The van der Waals surface area contributed by atoms with Crippen LogP contribution in [0, 0.1) is 5.82 Å². The zero-order valence-corrected chi connectivity index (χ0v) is 23.1. The average molecular weight is 575 g/mol. The maximum Gasteiger partial charge on any atom is 0.407 e. The molecule has 1 fully saturated rings. The van der Waals surface area contributed by atoms with Crippen LogP contribution in [0.15, 0.2) is 64.3 Å². The molecule has 0 spiro atoms. The molecule has 1 saturated carbocycles. The Morgan fingerprint density at radius 3 is 2.67 bits per heavy atom. The Morgan fingerprint density at radius 2 is 1.93 bits per heavy atom. The summed E-state index contributed by atoms with van der Waals surface area (Å²) in [7, 11) is 0. The van der Waals surface area contributed by atoms with Crippen LogP contribution in [0.4, 0.5) is 9.18 Å². The summed E-state index contributed by atoms with van der Waals surface area (Å²) in [6.07, 6.45) is 4.74. The third-order valence-electron chi connectivity index (χ3n) is 7.58. The number of ether oxygens (including phenoxy) is 1. The minimum atomic E-state index is -0.709. The van der Waals surface area contributed by atoms with Gasteiger partial charge in [0.05, 0.1) is 23.9 Å². The quantitative estimate of drug-likeness (QED) is 0.226. The first kappa shape index (κ1) is 28.7. The van der Waals surface area contributed by atoms with Gasteiger partial charge in [-0.2, -0.15) is 0 Å². The van der Waals surface area contributed by atoms with Crippen molar-refractivity contribution in [3.8, 4) is 22.6 Å². The highest BCUT2D eigenvalue weighted by Crippen LogP contribution is 2.30. The Hall–Kier alpha value is -4.80. The van der Waals surface area contributed by atoms with E-state index in [-0.39, 0.29) is 28.4 Å². The van der Waals surface area contributed by atoms with E-state index < -0.39 is 29.2 Å². The molecule has 1 aliphatic carbocycles. The monoisotopic (exact) mass is 574 g/mol. The molecule has 0 radical (unpaired) electrons. The number of nitrogens with zero attached hydrogens (tertiary/aromatic N) is 3. The first-order chi connectivity index (χ1) is 20.3. The fourth-order valence-electron chi connectivity index (χ4n) is 5.46. The van der Waals surface area contributed by atoms with E-state index in [1.807, 2.05) is 6.92 Å². The number of hydrogen-bond acceptors (Lipinski definition) is 7. The van der Waals surface area contributed by atoms with Gasteiger partial charge in [-0.1, -0.05) is 25.5 Å². The van der Waals surface area contributed by atoms with E-state index in [0.29, 0.717) is 55.4 Å². The van der Waals surface area contributed by atoms with Crippen LogP contribution in [0.2, 0.25) is 0 Å². The lowest BCUT2D eigenvalue weighted by Gasteiger charge is -2.30. The molecule has 0 bridgehead atoms. The van der Waals surface area contributed by atoms with Gasteiger partial charge in [0, 0.05) is 17.6 Å². The molecule has 10 nitrogen and oxygen atoms in total. The van der Waals surface area contributed by atoms with Crippen molar-refractivity contribution in [2.45, 2.75) is 57.5 Å². The molecule has 11 heteroatoms. The van der Waals surface area contributed by atoms with Gasteiger partial charge < -0.3 is 15.2 Å². The Morgan fingerprint density at radius 1 is 1.14 bits per heavy atom. The number of amides is 1. The van der Waals surface area contributed by atoms with Gasteiger partial charge in [-0.15, -0.1) is 0 Å². The number of alkyl carbamates (subject to hydrolysis) is 1. The molecule has 5 rings (SSSR count). The van der Waals surface area contributed by atoms with E-state index in [0.717, 1.165) is 29.7 Å². The van der Waals surface area contributed by atoms with Crippen LogP contribution in [0.1, 0.15) is 61.8 Å². The van der Waals surface area contributed by atoms with Gasteiger partial charge in [-0.05, 0) is 79.6 Å². The number of halogens is 1. The Bertz CT molecular complexity index is 1760. The minimum Gasteiger partial charge on any atom is -0.508 e. The topological polar surface area (TPSA) is 133 Å². The lowest BCUT2D eigenvalue weighted by Crippen LogP contribution is -2.45. The fraction of sp³-hybridized carbons (Fsp3) is 0.323. The van der Waals surface area contributed by atoms with Crippen molar-refractivity contribution >= 4 is 23.4 Å². The summed E-state index contributed by atoms with van der Waals surface area (Å²) in [5.41, 5.74) is 0.498. The molecule has 0 unspecified atom stereocenters. The van der Waals surface area contributed by atoms with E-state index in [9.17, 15) is 28.7 Å². The van der Waals surface area contributed by atoms with Gasteiger partial charge in [-0.25, -0.2) is 23.5 Å². The van der Waals surface area contributed by atoms with Crippen LogP contribution < -0.4 is 16.6 Å². The molecular weight excluding hydrogens is 543 g/mol. The van der Waals surface area contributed by atoms with E-state index >= 15 is 0 Å². The summed E-state index contributed by atoms with van der Waals surface area (Å²) < 4.78 is 21.9. The largest absolute Gasteiger partial charge is 0.508 e. The van der Waals surface area contributed by atoms with Crippen molar-refractivity contribution in [1.82, 2.24) is 19.4 Å². The summed E-state index contributed by atoms with van der Waals surface area (Å²) in [5, 5.41) is 12.6. The van der Waals surface area contributed by atoms with Crippen molar-refractivity contribution in [1.29, 1.82) is 0 Å². The summed E-state index contributed by atoms with van der Waals surface area (Å²) in [4.78, 5) is 55.5. The molecule has 42 heavy (non-hydrogen) atoms. The number of hydrogen-bond donors (Lipinski definition) is 2. The minimum absolute atomic E-state index is 0.00583. The second kappa shape index (κ2) is 12.4. The van der Waals surface area contributed by atoms with Crippen molar-refractivity contribution in [3.63, 3.8) is 0 Å². The van der Waals surface area contributed by atoms with Crippen LogP contribution in [0.25, 0.3) is 27.8 Å². The van der Waals surface area contributed by atoms with Gasteiger partial charge >= 0.3 is 11.8 Å². The zero-order valence-electron chi connectivity index (χ0n) is 23.1. The predicted molar refractivity (Wildman–Crippen MR) is 155 cm³/mol. The van der Waals surface area contributed by atoms with E-state index in [2.05, 4.69) is 10.3 Å². The molecule has 2 N–H and O–H groups in total. The zero-order chi connectivity index (χ0) is 29.8. The number of aromatic nitrogens is 3. The smallest absolute Gasteiger partial charge is 0.407 e. The average Bonchev–Trinajstić information content (AvgIpc) is 2.98. The maximum atomic E-state index is 14.3. The van der Waals surface area contributed by atoms with Crippen LogP contribution in [0.3, 0.4) is 0 Å². The van der Waals surface area contributed by atoms with Crippen LogP contribution in [0.5, 0.6) is 5.75 Å². The summed E-state index contributed by atoms with van der Waals surface area (Å²) in [6.45, 7) is 2.35. The number of nitrogens with one attached hydrogen (secondary N) is 1. The standard InChI is InChI=1S/C31H31FN4O6/c1-2-3-13-42-30(40)34-22-7-9-23(10-8-22)36-29(39)27-16-21(32)17-33-28(27)35(31(36)41)24-6-4-5-19(14-24)26-12-11-25(38)15-20(26)18-37/h4-6,11-12,14-18,22-23,38H,2-3,7-10,13H2,1H3,(H,34,40). The van der Waals surface area contributed by atoms with Gasteiger partial charge in [0.1, 0.15) is 11.6 Å². The molecule has 0 aliphatic heterocycles. The number of aldehydes is 1. The van der Waals surface area contributed by atoms with Crippen molar-refractivity contribution < 1.29 is 23.8 Å². The SMILES string of the molecule is CCCCOC(=O)NC1CCC(n2c(=O)c3cc(F)cnc3n(-c3cccc(-c4ccc(O)cc4C=O)c3)c2=O)CC1. The molecule has 2 aromatic carbocycles. The highest BCUT2D eigenvalue weighted by atomic mass is 19.1. The molecular formula is C31H31FN4O6. The van der Waals surface area contributed by atoms with Gasteiger partial charge in [0.15, 0.2) is 11.9 Å². The molecule has 2 aromatic heterocycles. The number of pyridine rings is 1. The summed E-state index contributed by atoms with van der Waals surface area (Å²) in [5.74, 6) is -0.768. The normalized spacial score (nSPS) is 16.7. The third-order valence-corrected chi connectivity index (χ3v) is 7.58. The molecule has 2 heterocycles. The number of phenols is 1. The van der Waals surface area contributed by atoms with Gasteiger partial charge in [0.2, 0.25) is 0 Å². The second-order valence-electron chi connectivity index (χ2n) is 10.4. The second-order valence-corrected chi connectivity index (χ2v) is 10.4. The van der Waals surface area contributed by atoms with E-state index in [1.165, 1.54) is 16.7 Å². The van der Waals surface area contributed by atoms with Crippen LogP contribution in [-0.2, 0) is 4.74 Å². The lowest BCUT2D eigenvalue weighted by atomic mass is 9.91. The summed E-state index contributed by atoms with van der Waals surface area (Å²) in [6, 6.07) is 11.6. The number of rotatable bonds is 8. The number of carbonyl (C=O) groups excluding carboxylic acids is 2. The summed E-state index contributed by atoms with van der Waals surface area (Å²) >= 11 is 0. The molecule has 0 saturated heterocycles. The number of unbranched alkanes of at least 4 members (excludes halogenated alkanes) is 1. The fourth-order valence-corrected chi connectivity index (χ4v) is 5.46. The van der Waals surface area contributed by atoms with Crippen molar-refractivity contribution in [3.05, 3.63) is 86.9 Å². The molecule has 0 atom stereocenters. The lowest BCUT2D eigenvalue weighted by molar-refractivity contribution is 0.112. The highest BCUT2D eigenvalue weighted by molar-refractivity contribution is 5.88. The Labute approximate surface area is 240 Å². The number of phenolic OH excluding ortho intramolecular Hbond substituents is 1. The third kappa shape index (κ3) is 5.81. The van der Waals surface area contributed by atoms with Crippen LogP contribution >= 0.6 is 0 Å². The van der Waals surface area contributed by atoms with Gasteiger partial charge in [0.25, 0.3) is 5.56 Å². The molecule has 218 valence electrons. The Balaban J connectivity index is 1.53. The molecule has 1 aliphatic rings. The number of benzene rings is 2. The predicted octanol–water partition coefficient (Wildman–Crippen LogP) is 4.88. The van der Waals surface area contributed by atoms with Crippen molar-refractivity contribution in [2.24, 2.45) is 0 Å². The number of carbonyl (C=O) groups is 2. The number of aromatic hydroxyl groups is 1. The molecule has 1 amide bonds. The van der Waals surface area contributed by atoms with Gasteiger partial charge in [-0.3, -0.25) is 14.2 Å².